The van der Waals surface area contributed by atoms with E-state index in [9.17, 15) is 0 Å². The largest absolute Gasteiger partial charge is 0.0683 e. The van der Waals surface area contributed by atoms with Gasteiger partial charge < -0.3 is 0 Å². The zero-order valence-corrected chi connectivity index (χ0v) is 10.4. The van der Waals surface area contributed by atoms with Crippen LogP contribution in [-0.4, -0.2) is 0 Å². The molecule has 0 amide bonds. The summed E-state index contributed by atoms with van der Waals surface area (Å²) in [7, 11) is 0. The molecule has 0 heteroatoms. The van der Waals surface area contributed by atoms with Gasteiger partial charge in [0.1, 0.15) is 0 Å². The lowest BCUT2D eigenvalue weighted by Crippen LogP contribution is -1.89. The van der Waals surface area contributed by atoms with Crippen LogP contribution in [0.15, 0.2) is 18.2 Å². The average molecular weight is 192 g/mol. The van der Waals surface area contributed by atoms with Gasteiger partial charge in [0, 0.05) is 0 Å². The maximum absolute atomic E-state index is 2.32. The Morgan fingerprint density at radius 3 is 2.14 bits per heavy atom. The monoisotopic (exact) mass is 192 g/mol. The topological polar surface area (TPSA) is 0 Å². The molecule has 0 aliphatic carbocycles. The molecule has 0 N–H and O–H groups in total. The van der Waals surface area contributed by atoms with Crippen molar-refractivity contribution >= 4 is 0 Å². The van der Waals surface area contributed by atoms with Crippen LogP contribution < -0.4 is 0 Å². The second kappa shape index (κ2) is 7.61. The smallest absolute Gasteiger partial charge is 0.0281 e. The van der Waals surface area contributed by atoms with E-state index in [2.05, 4.69) is 39.0 Å². The van der Waals surface area contributed by atoms with Crippen LogP contribution in [0.1, 0.15) is 50.8 Å². The van der Waals surface area contributed by atoms with E-state index < -0.39 is 0 Å². The van der Waals surface area contributed by atoms with Crippen LogP contribution in [0.3, 0.4) is 0 Å². The first-order valence-corrected chi connectivity index (χ1v) is 5.86. The molecule has 0 fully saturated rings. The molecule has 0 nitrogen and oxygen atoms in total. The summed E-state index contributed by atoms with van der Waals surface area (Å²) in [4.78, 5) is 0. The van der Waals surface area contributed by atoms with Crippen molar-refractivity contribution in [1.82, 2.24) is 0 Å². The van der Waals surface area contributed by atoms with Crippen molar-refractivity contribution in [3.63, 3.8) is 0 Å². The summed E-state index contributed by atoms with van der Waals surface area (Å²) in [5.41, 5.74) is 4.41. The van der Waals surface area contributed by atoms with Crippen molar-refractivity contribution in [3.8, 4) is 0 Å². The van der Waals surface area contributed by atoms with Crippen LogP contribution in [-0.2, 0) is 12.8 Å². The molecule has 0 bridgehead atoms. The fraction of sp³-hybridized carbons (Fsp3) is 0.571. The summed E-state index contributed by atoms with van der Waals surface area (Å²) < 4.78 is 0. The first kappa shape index (κ1) is 13.2. The zero-order chi connectivity index (χ0) is 11.0. The van der Waals surface area contributed by atoms with Crippen LogP contribution in [0.25, 0.3) is 0 Å². The highest BCUT2D eigenvalue weighted by Crippen LogP contribution is 2.12. The first-order valence-electron chi connectivity index (χ1n) is 5.86. The Balaban J connectivity index is 0.000000791. The summed E-state index contributed by atoms with van der Waals surface area (Å²) in [6.45, 7) is 10.6. The molecule has 0 aromatic heterocycles. The summed E-state index contributed by atoms with van der Waals surface area (Å²) in [5.74, 6) is 0. The quantitative estimate of drug-likeness (QED) is 0.659. The van der Waals surface area contributed by atoms with E-state index in [1.54, 1.807) is 0 Å². The molecule has 1 rings (SSSR count). The molecule has 0 aliphatic rings. The minimum Gasteiger partial charge on any atom is -0.0683 e. The molecular weight excluding hydrogens is 168 g/mol. The van der Waals surface area contributed by atoms with Crippen molar-refractivity contribution in [2.24, 2.45) is 0 Å². The summed E-state index contributed by atoms with van der Waals surface area (Å²) >= 11 is 0. The fourth-order valence-corrected chi connectivity index (χ4v) is 1.60. The molecule has 0 atom stereocenters. The van der Waals surface area contributed by atoms with Crippen LogP contribution in [0.5, 0.6) is 0 Å². The SMILES string of the molecule is CC.CCCc1ccc(CC)c(C)c1. The second-order valence-electron chi connectivity index (χ2n) is 3.36. The number of rotatable bonds is 3. The van der Waals surface area contributed by atoms with E-state index in [4.69, 9.17) is 0 Å². The van der Waals surface area contributed by atoms with E-state index in [1.165, 1.54) is 29.5 Å². The minimum atomic E-state index is 1.15. The molecule has 1 aromatic carbocycles. The Hall–Kier alpha value is -0.780. The molecule has 0 heterocycles. The van der Waals surface area contributed by atoms with Gasteiger partial charge in [-0.1, -0.05) is 52.3 Å². The molecule has 0 saturated carbocycles. The van der Waals surface area contributed by atoms with Crippen molar-refractivity contribution < 1.29 is 0 Å². The molecule has 80 valence electrons. The Kier molecular flexibility index (Phi) is 7.18. The summed E-state index contributed by atoms with van der Waals surface area (Å²) in [6.07, 6.45) is 3.61. The standard InChI is InChI=1S/C12H18.C2H6/c1-4-6-11-7-8-12(5-2)10(3)9-11;1-2/h7-9H,4-6H2,1-3H3;1-2H3. The average Bonchev–Trinajstić information content (AvgIpc) is 2.22. The fourth-order valence-electron chi connectivity index (χ4n) is 1.60. The summed E-state index contributed by atoms with van der Waals surface area (Å²) in [6, 6.07) is 6.85. The minimum absolute atomic E-state index is 1.15. The normalized spacial score (nSPS) is 9.21. The van der Waals surface area contributed by atoms with E-state index in [1.807, 2.05) is 13.8 Å². The van der Waals surface area contributed by atoms with Gasteiger partial charge in [-0.05, 0) is 36.5 Å². The zero-order valence-electron chi connectivity index (χ0n) is 10.4. The van der Waals surface area contributed by atoms with Gasteiger partial charge in [-0.15, -0.1) is 0 Å². The number of aryl methyl sites for hydroxylation is 3. The predicted octanol–water partition coefficient (Wildman–Crippen LogP) is 4.54. The third-order valence-electron chi connectivity index (χ3n) is 2.33. The van der Waals surface area contributed by atoms with Crippen LogP contribution in [0.4, 0.5) is 0 Å². The van der Waals surface area contributed by atoms with Gasteiger partial charge in [0.05, 0.1) is 0 Å². The van der Waals surface area contributed by atoms with E-state index >= 15 is 0 Å². The molecule has 0 spiro atoms. The van der Waals surface area contributed by atoms with Crippen LogP contribution in [0, 0.1) is 6.92 Å². The van der Waals surface area contributed by atoms with Crippen LogP contribution in [0.2, 0.25) is 0 Å². The van der Waals surface area contributed by atoms with Gasteiger partial charge in [-0.3, -0.25) is 0 Å². The highest BCUT2D eigenvalue weighted by Gasteiger charge is 1.96. The second-order valence-corrected chi connectivity index (χ2v) is 3.36. The molecule has 0 aliphatic heterocycles. The molecular formula is C14H24. The van der Waals surface area contributed by atoms with E-state index in [0.29, 0.717) is 0 Å². The highest BCUT2D eigenvalue weighted by atomic mass is 14.0. The maximum atomic E-state index is 2.32. The predicted molar refractivity (Wildman–Crippen MR) is 65.9 cm³/mol. The number of benzene rings is 1. The Labute approximate surface area is 89.4 Å². The molecule has 0 unspecified atom stereocenters. The van der Waals surface area contributed by atoms with E-state index in [0.717, 1.165) is 6.42 Å². The Morgan fingerprint density at radius 1 is 1.07 bits per heavy atom. The first-order chi connectivity index (χ1) is 6.77. The molecule has 14 heavy (non-hydrogen) atoms. The van der Waals surface area contributed by atoms with Crippen molar-refractivity contribution in [2.45, 2.75) is 53.9 Å². The lowest BCUT2D eigenvalue weighted by Gasteiger charge is -2.05. The lowest BCUT2D eigenvalue weighted by molar-refractivity contribution is 0.917. The van der Waals surface area contributed by atoms with Gasteiger partial charge in [0.25, 0.3) is 0 Å². The third-order valence-corrected chi connectivity index (χ3v) is 2.33. The van der Waals surface area contributed by atoms with Crippen molar-refractivity contribution in [2.75, 3.05) is 0 Å². The summed E-state index contributed by atoms with van der Waals surface area (Å²) in [5, 5.41) is 0. The van der Waals surface area contributed by atoms with Crippen molar-refractivity contribution in [1.29, 1.82) is 0 Å². The molecule has 0 saturated heterocycles. The lowest BCUT2D eigenvalue weighted by atomic mass is 10.0. The Bertz CT molecular complexity index is 248. The van der Waals surface area contributed by atoms with Crippen molar-refractivity contribution in [3.05, 3.63) is 34.9 Å². The molecule has 0 radical (unpaired) electrons. The number of hydrogen-bond acceptors (Lipinski definition) is 0. The number of hydrogen-bond donors (Lipinski definition) is 0. The van der Waals surface area contributed by atoms with Crippen LogP contribution >= 0.6 is 0 Å². The molecule has 1 aromatic rings. The van der Waals surface area contributed by atoms with Gasteiger partial charge in [0.15, 0.2) is 0 Å². The Morgan fingerprint density at radius 2 is 1.71 bits per heavy atom. The highest BCUT2D eigenvalue weighted by molar-refractivity contribution is 5.30. The maximum Gasteiger partial charge on any atom is -0.0281 e. The van der Waals surface area contributed by atoms with Gasteiger partial charge in [0.2, 0.25) is 0 Å². The van der Waals surface area contributed by atoms with E-state index in [-0.39, 0.29) is 0 Å². The van der Waals surface area contributed by atoms with Gasteiger partial charge in [-0.2, -0.15) is 0 Å². The third kappa shape index (κ3) is 3.95. The van der Waals surface area contributed by atoms with Gasteiger partial charge in [-0.25, -0.2) is 0 Å². The van der Waals surface area contributed by atoms with Gasteiger partial charge >= 0.3 is 0 Å².